The first kappa shape index (κ1) is 12.8. The summed E-state index contributed by atoms with van der Waals surface area (Å²) in [4.78, 5) is 2.44. The van der Waals surface area contributed by atoms with E-state index in [-0.39, 0.29) is 6.10 Å². The molecule has 1 aromatic rings. The average Bonchev–Trinajstić information content (AvgIpc) is 2.77. The summed E-state index contributed by atoms with van der Waals surface area (Å²) in [6.45, 7) is 5.04. The Morgan fingerprint density at radius 3 is 2.53 bits per heavy atom. The highest BCUT2D eigenvalue weighted by atomic mass is 16.3. The Hall–Kier alpha value is -1.23. The van der Waals surface area contributed by atoms with Gasteiger partial charge >= 0.3 is 0 Å². The van der Waals surface area contributed by atoms with Gasteiger partial charge in [0, 0.05) is 18.6 Å². The van der Waals surface area contributed by atoms with E-state index < -0.39 is 0 Å². The molecule has 0 aromatic carbocycles. The quantitative estimate of drug-likeness (QED) is 0.871. The van der Waals surface area contributed by atoms with E-state index >= 15 is 0 Å². The van der Waals surface area contributed by atoms with E-state index in [2.05, 4.69) is 21.6 Å². The third kappa shape index (κ3) is 2.00. The van der Waals surface area contributed by atoms with Crippen LogP contribution < -0.4 is 10.6 Å². The molecule has 2 unspecified atom stereocenters. The molecule has 3 heterocycles. The van der Waals surface area contributed by atoms with E-state index in [1.54, 1.807) is 0 Å². The minimum absolute atomic E-state index is 0.140. The smallest absolute Gasteiger partial charge is 0.151 e. The number of aromatic nitrogens is 2. The minimum atomic E-state index is -0.140. The van der Waals surface area contributed by atoms with Crippen LogP contribution in [0.5, 0.6) is 0 Å². The Morgan fingerprint density at radius 1 is 1.32 bits per heavy atom. The van der Waals surface area contributed by atoms with Crippen LogP contribution in [0.1, 0.15) is 44.7 Å². The highest BCUT2D eigenvalue weighted by molar-refractivity contribution is 5.68. The molecule has 2 aliphatic heterocycles. The van der Waals surface area contributed by atoms with Crippen molar-refractivity contribution in [3.63, 3.8) is 0 Å². The Labute approximate surface area is 114 Å². The molecule has 0 radical (unpaired) electrons. The van der Waals surface area contributed by atoms with Crippen molar-refractivity contribution in [1.29, 1.82) is 0 Å². The summed E-state index contributed by atoms with van der Waals surface area (Å²) in [5.74, 6) is 1.10. The molecule has 0 spiro atoms. The molecule has 2 saturated heterocycles. The second-order valence-corrected chi connectivity index (χ2v) is 5.96. The van der Waals surface area contributed by atoms with Gasteiger partial charge in [-0.25, -0.2) is 4.68 Å². The summed E-state index contributed by atoms with van der Waals surface area (Å²) >= 11 is 0. The van der Waals surface area contributed by atoms with E-state index in [9.17, 15) is 5.11 Å². The molecule has 5 nitrogen and oxygen atoms in total. The number of piperidine rings is 1. The maximum atomic E-state index is 9.92. The van der Waals surface area contributed by atoms with Gasteiger partial charge in [0.15, 0.2) is 5.82 Å². The zero-order chi connectivity index (χ0) is 13.6. The number of hydrogen-bond acceptors (Lipinski definition) is 4. The van der Waals surface area contributed by atoms with Gasteiger partial charge in [0.25, 0.3) is 0 Å². The van der Waals surface area contributed by atoms with Gasteiger partial charge in [-0.3, -0.25) is 0 Å². The molecule has 19 heavy (non-hydrogen) atoms. The van der Waals surface area contributed by atoms with Crippen LogP contribution in [0.25, 0.3) is 0 Å². The predicted octanol–water partition coefficient (Wildman–Crippen LogP) is 1.68. The maximum Gasteiger partial charge on any atom is 0.151 e. The van der Waals surface area contributed by atoms with Crippen molar-refractivity contribution in [3.05, 3.63) is 5.69 Å². The van der Waals surface area contributed by atoms with Crippen LogP contribution in [-0.4, -0.2) is 33.1 Å². The van der Waals surface area contributed by atoms with Gasteiger partial charge in [0.05, 0.1) is 17.5 Å². The van der Waals surface area contributed by atoms with Crippen LogP contribution in [0.15, 0.2) is 0 Å². The van der Waals surface area contributed by atoms with E-state index in [4.69, 9.17) is 5.73 Å². The maximum absolute atomic E-state index is 9.92. The molecule has 3 rings (SSSR count). The molecule has 2 atom stereocenters. The van der Waals surface area contributed by atoms with Crippen LogP contribution in [-0.2, 0) is 6.54 Å². The summed E-state index contributed by atoms with van der Waals surface area (Å²) in [5, 5.41) is 14.5. The standard InChI is InChI=1S/C14H24N4O/c1-3-6-17-14(13(15)9(2)16-17)18-10-4-5-11(18)8-12(19)7-10/h10-12,19H,3-8,15H2,1-2H3. The van der Waals surface area contributed by atoms with Gasteiger partial charge in [-0.1, -0.05) is 6.92 Å². The van der Waals surface area contributed by atoms with Crippen molar-refractivity contribution in [2.24, 2.45) is 0 Å². The lowest BCUT2D eigenvalue weighted by Crippen LogP contribution is -2.46. The lowest BCUT2D eigenvalue weighted by atomic mass is 10.00. The zero-order valence-electron chi connectivity index (χ0n) is 11.8. The lowest BCUT2D eigenvalue weighted by molar-refractivity contribution is 0.125. The second-order valence-electron chi connectivity index (χ2n) is 5.96. The molecular weight excluding hydrogens is 240 g/mol. The van der Waals surface area contributed by atoms with Crippen molar-refractivity contribution in [2.45, 2.75) is 70.7 Å². The first-order valence-corrected chi connectivity index (χ1v) is 7.41. The van der Waals surface area contributed by atoms with Crippen molar-refractivity contribution in [3.8, 4) is 0 Å². The highest BCUT2D eigenvalue weighted by Gasteiger charge is 2.42. The van der Waals surface area contributed by atoms with Crippen molar-refractivity contribution in [2.75, 3.05) is 10.6 Å². The number of nitrogens with zero attached hydrogens (tertiary/aromatic N) is 3. The summed E-state index contributed by atoms with van der Waals surface area (Å²) in [6, 6.07) is 0.866. The van der Waals surface area contributed by atoms with Crippen LogP contribution in [0.3, 0.4) is 0 Å². The number of hydrogen-bond donors (Lipinski definition) is 2. The third-order valence-electron chi connectivity index (χ3n) is 4.53. The SMILES string of the molecule is CCCn1nc(C)c(N)c1N1C2CCC1CC(O)C2. The molecule has 5 heteroatoms. The molecule has 0 amide bonds. The van der Waals surface area contributed by atoms with E-state index in [1.165, 1.54) is 0 Å². The van der Waals surface area contributed by atoms with Gasteiger partial charge in [-0.05, 0) is 39.0 Å². The van der Waals surface area contributed by atoms with E-state index in [0.29, 0.717) is 12.1 Å². The molecule has 2 aliphatic rings. The van der Waals surface area contributed by atoms with Crippen LogP contribution in [0.4, 0.5) is 11.5 Å². The Morgan fingerprint density at radius 2 is 1.95 bits per heavy atom. The summed E-state index contributed by atoms with van der Waals surface area (Å²) in [6.07, 6.45) is 4.98. The first-order chi connectivity index (χ1) is 9.11. The van der Waals surface area contributed by atoms with Gasteiger partial charge in [0.2, 0.25) is 0 Å². The lowest BCUT2D eigenvalue weighted by Gasteiger charge is -2.39. The summed E-state index contributed by atoms with van der Waals surface area (Å²) in [5.41, 5.74) is 8.01. The van der Waals surface area contributed by atoms with Gasteiger partial charge < -0.3 is 15.7 Å². The summed E-state index contributed by atoms with van der Waals surface area (Å²) in [7, 11) is 0. The van der Waals surface area contributed by atoms with Crippen LogP contribution in [0.2, 0.25) is 0 Å². The van der Waals surface area contributed by atoms with Crippen molar-refractivity contribution in [1.82, 2.24) is 9.78 Å². The number of aliphatic hydroxyl groups is 1. The molecule has 2 bridgehead atoms. The van der Waals surface area contributed by atoms with Gasteiger partial charge in [-0.15, -0.1) is 0 Å². The number of fused-ring (bicyclic) bond motifs is 2. The third-order valence-corrected chi connectivity index (χ3v) is 4.53. The number of aliphatic hydroxyl groups excluding tert-OH is 1. The Bertz CT molecular complexity index is 456. The number of nitrogens with two attached hydrogens (primary N) is 1. The van der Waals surface area contributed by atoms with Gasteiger partial charge in [-0.2, -0.15) is 5.10 Å². The van der Waals surface area contributed by atoms with Crippen molar-refractivity contribution >= 4 is 11.5 Å². The van der Waals surface area contributed by atoms with E-state index in [0.717, 1.165) is 55.8 Å². The topological polar surface area (TPSA) is 67.3 Å². The van der Waals surface area contributed by atoms with E-state index in [1.807, 2.05) is 6.92 Å². The molecule has 0 aliphatic carbocycles. The summed E-state index contributed by atoms with van der Waals surface area (Å²) < 4.78 is 2.06. The normalized spacial score (nSPS) is 30.1. The first-order valence-electron chi connectivity index (χ1n) is 7.41. The fourth-order valence-corrected chi connectivity index (χ4v) is 3.72. The minimum Gasteiger partial charge on any atom is -0.394 e. The fraction of sp³-hybridized carbons (Fsp3) is 0.786. The largest absolute Gasteiger partial charge is 0.394 e. The number of aryl methyl sites for hydroxylation is 2. The van der Waals surface area contributed by atoms with Crippen LogP contribution >= 0.6 is 0 Å². The molecule has 1 aromatic heterocycles. The Kier molecular flexibility index (Phi) is 3.17. The monoisotopic (exact) mass is 264 g/mol. The Balaban J connectivity index is 1.98. The second kappa shape index (κ2) is 4.71. The number of nitrogen functional groups attached to an aromatic ring is 1. The average molecular weight is 264 g/mol. The fourth-order valence-electron chi connectivity index (χ4n) is 3.72. The molecule has 3 N–H and O–H groups in total. The predicted molar refractivity (Wildman–Crippen MR) is 76.2 cm³/mol. The number of rotatable bonds is 3. The van der Waals surface area contributed by atoms with Crippen LogP contribution in [0, 0.1) is 6.92 Å². The molecule has 0 saturated carbocycles. The number of anilines is 2. The molecule has 2 fully saturated rings. The highest BCUT2D eigenvalue weighted by Crippen LogP contribution is 2.42. The zero-order valence-corrected chi connectivity index (χ0v) is 11.8. The molecular formula is C14H24N4O. The van der Waals surface area contributed by atoms with Gasteiger partial charge in [0.1, 0.15) is 0 Å². The molecule has 106 valence electrons. The van der Waals surface area contributed by atoms with Crippen molar-refractivity contribution < 1.29 is 5.11 Å².